The van der Waals surface area contributed by atoms with E-state index in [1.807, 2.05) is 30.3 Å². The Morgan fingerprint density at radius 1 is 1.17 bits per heavy atom. The van der Waals surface area contributed by atoms with Gasteiger partial charge < -0.3 is 10.1 Å². The number of aromatic amines is 1. The molecule has 2 aliphatic rings. The van der Waals surface area contributed by atoms with Crippen LogP contribution < -0.4 is 10.1 Å². The number of carbonyl (C=O) groups excluding carboxylic acids is 1. The van der Waals surface area contributed by atoms with Gasteiger partial charge in [0.2, 0.25) is 0 Å². The molecule has 2 N–H and O–H groups in total. The Balaban J connectivity index is 1.41. The first-order valence-corrected chi connectivity index (χ1v) is 8.41. The van der Waals surface area contributed by atoms with Crippen molar-refractivity contribution < 1.29 is 9.53 Å². The summed E-state index contributed by atoms with van der Waals surface area (Å²) in [6, 6.07) is 9.44. The molecule has 1 aromatic carbocycles. The minimum atomic E-state index is -0.189. The van der Waals surface area contributed by atoms with Crippen molar-refractivity contribution in [1.29, 1.82) is 0 Å². The van der Waals surface area contributed by atoms with Crippen molar-refractivity contribution >= 4 is 11.6 Å². The van der Waals surface area contributed by atoms with Crippen molar-refractivity contribution in [1.82, 2.24) is 10.2 Å². The zero-order chi connectivity index (χ0) is 15.6. The summed E-state index contributed by atoms with van der Waals surface area (Å²) >= 11 is 0. The molecule has 0 saturated heterocycles. The minimum Gasteiger partial charge on any atom is -0.490 e. The first kappa shape index (κ1) is 14.3. The first-order valence-electron chi connectivity index (χ1n) is 8.41. The van der Waals surface area contributed by atoms with Crippen LogP contribution in [0.4, 0.5) is 5.69 Å². The van der Waals surface area contributed by atoms with Gasteiger partial charge in [-0.25, -0.2) is 0 Å². The van der Waals surface area contributed by atoms with E-state index in [1.165, 1.54) is 25.7 Å². The Morgan fingerprint density at radius 2 is 2.00 bits per heavy atom. The van der Waals surface area contributed by atoms with Gasteiger partial charge in [-0.1, -0.05) is 6.07 Å². The van der Waals surface area contributed by atoms with Crippen LogP contribution in [0.25, 0.3) is 0 Å². The molecule has 120 valence electrons. The maximum Gasteiger partial charge on any atom is 0.276 e. The Hall–Kier alpha value is -2.30. The van der Waals surface area contributed by atoms with Gasteiger partial charge in [-0.05, 0) is 56.7 Å². The van der Waals surface area contributed by atoms with Crippen molar-refractivity contribution in [3.05, 3.63) is 41.7 Å². The van der Waals surface area contributed by atoms with Gasteiger partial charge in [0.05, 0.1) is 6.10 Å². The van der Waals surface area contributed by atoms with E-state index in [1.54, 1.807) is 0 Å². The summed E-state index contributed by atoms with van der Waals surface area (Å²) in [7, 11) is 0. The van der Waals surface area contributed by atoms with E-state index in [0.717, 1.165) is 30.0 Å². The number of H-pyrrole nitrogens is 1. The highest BCUT2D eigenvalue weighted by molar-refractivity contribution is 6.03. The molecule has 2 fully saturated rings. The fraction of sp³-hybridized carbons (Fsp3) is 0.444. The number of amides is 1. The third-order valence-electron chi connectivity index (χ3n) is 4.54. The number of benzene rings is 1. The van der Waals surface area contributed by atoms with Crippen molar-refractivity contribution in [2.75, 3.05) is 5.32 Å². The summed E-state index contributed by atoms with van der Waals surface area (Å²) in [6.45, 7) is 0. The molecule has 0 aliphatic heterocycles. The molecule has 5 nitrogen and oxygen atoms in total. The average Bonchev–Trinajstić information content (AvgIpc) is 3.07. The van der Waals surface area contributed by atoms with Crippen LogP contribution in [-0.2, 0) is 0 Å². The smallest absolute Gasteiger partial charge is 0.276 e. The second-order valence-corrected chi connectivity index (χ2v) is 6.49. The number of nitrogens with zero attached hydrogens (tertiary/aromatic N) is 1. The molecule has 4 rings (SSSR count). The van der Waals surface area contributed by atoms with Crippen molar-refractivity contribution in [3.63, 3.8) is 0 Å². The minimum absolute atomic E-state index is 0.189. The maximum absolute atomic E-state index is 12.3. The summed E-state index contributed by atoms with van der Waals surface area (Å²) in [5, 5.41) is 9.96. The lowest BCUT2D eigenvalue weighted by Crippen LogP contribution is -2.13. The molecule has 0 unspecified atom stereocenters. The predicted molar refractivity (Wildman–Crippen MR) is 87.8 cm³/mol. The molecule has 2 saturated carbocycles. The number of nitrogens with one attached hydrogen (secondary N) is 2. The van der Waals surface area contributed by atoms with Gasteiger partial charge in [0.15, 0.2) is 5.69 Å². The van der Waals surface area contributed by atoms with E-state index < -0.39 is 0 Å². The van der Waals surface area contributed by atoms with Gasteiger partial charge in [0.25, 0.3) is 5.91 Å². The van der Waals surface area contributed by atoms with Crippen molar-refractivity contribution in [3.8, 4) is 5.75 Å². The largest absolute Gasteiger partial charge is 0.490 e. The van der Waals surface area contributed by atoms with E-state index in [2.05, 4.69) is 15.5 Å². The monoisotopic (exact) mass is 311 g/mol. The van der Waals surface area contributed by atoms with Gasteiger partial charge in [-0.2, -0.15) is 5.10 Å². The topological polar surface area (TPSA) is 67.0 Å². The fourth-order valence-corrected chi connectivity index (χ4v) is 3.10. The normalized spacial score (nSPS) is 18.1. The van der Waals surface area contributed by atoms with Crippen LogP contribution in [0.15, 0.2) is 30.3 Å². The van der Waals surface area contributed by atoms with E-state index in [4.69, 9.17) is 4.74 Å². The Labute approximate surface area is 135 Å². The number of rotatable bonds is 5. The molecule has 1 heterocycles. The maximum atomic E-state index is 12.3. The Kier molecular flexibility index (Phi) is 3.77. The lowest BCUT2D eigenvalue weighted by atomic mass is 10.2. The van der Waals surface area contributed by atoms with Crippen LogP contribution in [0.5, 0.6) is 5.75 Å². The summed E-state index contributed by atoms with van der Waals surface area (Å²) < 4.78 is 5.97. The second kappa shape index (κ2) is 6.07. The number of anilines is 1. The number of ether oxygens (including phenoxy) is 1. The molecule has 5 heteroatoms. The van der Waals surface area contributed by atoms with Crippen LogP contribution in [-0.4, -0.2) is 22.2 Å². The van der Waals surface area contributed by atoms with Gasteiger partial charge in [-0.15, -0.1) is 0 Å². The zero-order valence-corrected chi connectivity index (χ0v) is 13.0. The summed E-state index contributed by atoms with van der Waals surface area (Å²) in [5.74, 6) is 1.19. The molecule has 23 heavy (non-hydrogen) atoms. The third kappa shape index (κ3) is 3.38. The number of carbonyl (C=O) groups is 1. The van der Waals surface area contributed by atoms with E-state index in [0.29, 0.717) is 17.7 Å². The number of hydrogen-bond acceptors (Lipinski definition) is 3. The molecular weight excluding hydrogens is 290 g/mol. The lowest BCUT2D eigenvalue weighted by Gasteiger charge is -2.14. The second-order valence-electron chi connectivity index (χ2n) is 6.49. The van der Waals surface area contributed by atoms with E-state index in [-0.39, 0.29) is 5.91 Å². The van der Waals surface area contributed by atoms with E-state index >= 15 is 0 Å². The SMILES string of the molecule is O=C(Nc1cccc(OC2CCCC2)c1)c1cc(C2CC2)[nH]n1. The van der Waals surface area contributed by atoms with Crippen LogP contribution in [0.1, 0.15) is 60.6 Å². The lowest BCUT2D eigenvalue weighted by molar-refractivity contribution is 0.102. The summed E-state index contributed by atoms with van der Waals surface area (Å²) in [6.07, 6.45) is 7.40. The molecule has 2 aromatic rings. The summed E-state index contributed by atoms with van der Waals surface area (Å²) in [5.41, 5.74) is 2.24. The Bertz CT molecular complexity index is 700. The molecule has 0 radical (unpaired) electrons. The number of hydrogen-bond donors (Lipinski definition) is 2. The van der Waals surface area contributed by atoms with E-state index in [9.17, 15) is 4.79 Å². The third-order valence-corrected chi connectivity index (χ3v) is 4.54. The van der Waals surface area contributed by atoms with Crippen molar-refractivity contribution in [2.24, 2.45) is 0 Å². The standard InChI is InChI=1S/C18H21N3O2/c22-18(17-11-16(20-21-17)12-8-9-12)19-13-4-3-7-15(10-13)23-14-5-1-2-6-14/h3-4,7,10-12,14H,1-2,5-6,8-9H2,(H,19,22)(H,20,21). The van der Waals surface area contributed by atoms with Crippen LogP contribution in [0.3, 0.4) is 0 Å². The molecule has 1 amide bonds. The van der Waals surface area contributed by atoms with Crippen LogP contribution in [0, 0.1) is 0 Å². The molecular formula is C18H21N3O2. The molecule has 1 aromatic heterocycles. The quantitative estimate of drug-likeness (QED) is 0.881. The first-order chi connectivity index (χ1) is 11.3. The highest BCUT2D eigenvalue weighted by Crippen LogP contribution is 2.39. The highest BCUT2D eigenvalue weighted by atomic mass is 16.5. The van der Waals surface area contributed by atoms with Crippen LogP contribution >= 0.6 is 0 Å². The molecule has 2 aliphatic carbocycles. The molecule has 0 spiro atoms. The van der Waals surface area contributed by atoms with Crippen LogP contribution in [0.2, 0.25) is 0 Å². The summed E-state index contributed by atoms with van der Waals surface area (Å²) in [4.78, 5) is 12.3. The predicted octanol–water partition coefficient (Wildman–Crippen LogP) is 3.86. The molecule has 0 atom stereocenters. The fourth-order valence-electron chi connectivity index (χ4n) is 3.10. The number of aromatic nitrogens is 2. The zero-order valence-electron chi connectivity index (χ0n) is 13.0. The van der Waals surface area contributed by atoms with Gasteiger partial charge >= 0.3 is 0 Å². The van der Waals surface area contributed by atoms with Crippen molar-refractivity contribution in [2.45, 2.75) is 50.5 Å². The van der Waals surface area contributed by atoms with Gasteiger partial charge in [-0.3, -0.25) is 9.89 Å². The average molecular weight is 311 g/mol. The Morgan fingerprint density at radius 3 is 2.78 bits per heavy atom. The molecule has 0 bridgehead atoms. The van der Waals surface area contributed by atoms with Gasteiger partial charge in [0.1, 0.15) is 5.75 Å². The van der Waals surface area contributed by atoms with Gasteiger partial charge in [0, 0.05) is 23.4 Å². The highest BCUT2D eigenvalue weighted by Gasteiger charge is 2.26.